The van der Waals surface area contributed by atoms with Crippen molar-refractivity contribution in [3.05, 3.63) is 51.0 Å². The number of rotatable bonds is 3. The number of nitrogens with two attached hydrogens (primary N) is 1. The van der Waals surface area contributed by atoms with Crippen LogP contribution in [0, 0.1) is 5.82 Å². The van der Waals surface area contributed by atoms with Crippen molar-refractivity contribution in [2.45, 2.75) is 6.04 Å². The first kappa shape index (κ1) is 13.5. The molecule has 1 aromatic heterocycles. The molecule has 0 aliphatic heterocycles. The van der Waals surface area contributed by atoms with Gasteiger partial charge < -0.3 is 0 Å². The number of hydrogen-bond donors (Lipinski definition) is 2. The minimum atomic E-state index is -0.375. The first-order valence-corrected chi connectivity index (χ1v) is 6.30. The molecule has 0 spiro atoms. The summed E-state index contributed by atoms with van der Waals surface area (Å²) < 4.78 is 15.3. The van der Waals surface area contributed by atoms with Crippen LogP contribution >= 0.6 is 27.5 Å². The van der Waals surface area contributed by atoms with Crippen LogP contribution in [0.5, 0.6) is 0 Å². The summed E-state index contributed by atoms with van der Waals surface area (Å²) in [7, 11) is 1.77. The van der Waals surface area contributed by atoms with Gasteiger partial charge in [0.2, 0.25) is 0 Å². The van der Waals surface area contributed by atoms with Gasteiger partial charge in [-0.15, -0.1) is 0 Å². The first-order chi connectivity index (χ1) is 8.54. The van der Waals surface area contributed by atoms with Crippen LogP contribution < -0.4 is 11.3 Å². The molecule has 96 valence electrons. The fourth-order valence-corrected chi connectivity index (χ4v) is 2.65. The lowest BCUT2D eigenvalue weighted by Gasteiger charge is -2.18. The smallest absolute Gasteiger partial charge is 0.124 e. The zero-order valence-electron chi connectivity index (χ0n) is 9.49. The number of halogens is 3. The molecule has 1 aromatic carbocycles. The highest BCUT2D eigenvalue weighted by Gasteiger charge is 2.22. The van der Waals surface area contributed by atoms with E-state index in [2.05, 4.69) is 26.5 Å². The molecule has 3 N–H and O–H groups in total. The Morgan fingerprint density at radius 1 is 1.56 bits per heavy atom. The molecule has 2 rings (SSSR count). The summed E-state index contributed by atoms with van der Waals surface area (Å²) in [6.07, 6.45) is 1.54. The molecular weight excluding hydrogens is 323 g/mol. The number of nitrogens with zero attached hydrogens (tertiary/aromatic N) is 2. The van der Waals surface area contributed by atoms with Crippen LogP contribution in [-0.2, 0) is 7.05 Å². The second kappa shape index (κ2) is 5.36. The number of benzene rings is 1. The van der Waals surface area contributed by atoms with Gasteiger partial charge in [-0.2, -0.15) is 5.10 Å². The van der Waals surface area contributed by atoms with Gasteiger partial charge in [0.05, 0.1) is 23.0 Å². The molecule has 0 radical (unpaired) electrons. The van der Waals surface area contributed by atoms with E-state index in [4.69, 9.17) is 17.4 Å². The number of hydrogen-bond acceptors (Lipinski definition) is 3. The zero-order chi connectivity index (χ0) is 13.3. The summed E-state index contributed by atoms with van der Waals surface area (Å²) in [6, 6.07) is 4.02. The van der Waals surface area contributed by atoms with Crippen molar-refractivity contribution in [1.29, 1.82) is 0 Å². The fourth-order valence-electron chi connectivity index (χ4n) is 1.80. The molecule has 0 amide bonds. The van der Waals surface area contributed by atoms with Crippen LogP contribution in [0.25, 0.3) is 0 Å². The van der Waals surface area contributed by atoms with E-state index < -0.39 is 0 Å². The predicted octanol–water partition coefficient (Wildman–Crippen LogP) is 2.53. The van der Waals surface area contributed by atoms with Gasteiger partial charge in [-0.25, -0.2) is 9.82 Å². The van der Waals surface area contributed by atoms with E-state index in [1.807, 2.05) is 0 Å². The number of hydrazine groups is 1. The topological polar surface area (TPSA) is 55.9 Å². The normalized spacial score (nSPS) is 12.7. The standard InChI is InChI=1S/C11H11BrClFN4/c1-18-11(9(13)5-16-18)10(17-15)7-3-2-6(14)4-8(7)12/h2-5,10,17H,15H2,1H3. The summed E-state index contributed by atoms with van der Waals surface area (Å²) in [5, 5.41) is 4.55. The van der Waals surface area contributed by atoms with Gasteiger partial charge >= 0.3 is 0 Å². The van der Waals surface area contributed by atoms with Crippen molar-refractivity contribution in [2.75, 3.05) is 0 Å². The van der Waals surface area contributed by atoms with Crippen molar-refractivity contribution in [3.63, 3.8) is 0 Å². The highest BCUT2D eigenvalue weighted by Crippen LogP contribution is 2.31. The molecule has 0 saturated carbocycles. The monoisotopic (exact) mass is 332 g/mol. The Kier molecular flexibility index (Phi) is 4.01. The van der Waals surface area contributed by atoms with E-state index in [0.29, 0.717) is 15.2 Å². The Morgan fingerprint density at radius 3 is 2.78 bits per heavy atom. The highest BCUT2D eigenvalue weighted by atomic mass is 79.9. The predicted molar refractivity (Wildman–Crippen MR) is 71.5 cm³/mol. The minimum absolute atomic E-state index is 0.322. The molecule has 0 saturated heterocycles. The SMILES string of the molecule is Cn1ncc(Cl)c1C(NN)c1ccc(F)cc1Br. The van der Waals surface area contributed by atoms with Crippen molar-refractivity contribution < 1.29 is 4.39 Å². The van der Waals surface area contributed by atoms with Gasteiger partial charge in [-0.1, -0.05) is 33.6 Å². The minimum Gasteiger partial charge on any atom is -0.271 e. The van der Waals surface area contributed by atoms with E-state index in [0.717, 1.165) is 5.56 Å². The maximum atomic E-state index is 13.1. The Morgan fingerprint density at radius 2 is 2.28 bits per heavy atom. The molecule has 0 aliphatic rings. The quantitative estimate of drug-likeness (QED) is 0.670. The first-order valence-electron chi connectivity index (χ1n) is 5.13. The van der Waals surface area contributed by atoms with Gasteiger partial charge in [0.15, 0.2) is 0 Å². The Bertz CT molecular complexity index is 553. The average Bonchev–Trinajstić information content (AvgIpc) is 2.64. The van der Waals surface area contributed by atoms with E-state index >= 15 is 0 Å². The Balaban J connectivity index is 2.52. The van der Waals surface area contributed by atoms with Gasteiger partial charge in [0.1, 0.15) is 5.82 Å². The molecule has 1 atom stereocenters. The van der Waals surface area contributed by atoms with Crippen molar-refractivity contribution in [1.82, 2.24) is 15.2 Å². The highest BCUT2D eigenvalue weighted by molar-refractivity contribution is 9.10. The molecule has 4 nitrogen and oxygen atoms in total. The maximum absolute atomic E-state index is 13.1. The van der Waals surface area contributed by atoms with Gasteiger partial charge in [-0.05, 0) is 17.7 Å². The zero-order valence-corrected chi connectivity index (χ0v) is 11.8. The molecule has 2 aromatic rings. The number of aryl methyl sites for hydroxylation is 1. The van der Waals surface area contributed by atoms with Crippen molar-refractivity contribution in [3.8, 4) is 0 Å². The summed E-state index contributed by atoms with van der Waals surface area (Å²) in [5.74, 6) is 5.25. The molecule has 0 fully saturated rings. The Hall–Kier alpha value is -0.950. The second-order valence-electron chi connectivity index (χ2n) is 3.77. The van der Waals surface area contributed by atoms with Crippen LogP contribution in [0.1, 0.15) is 17.3 Å². The van der Waals surface area contributed by atoms with Crippen LogP contribution in [0.2, 0.25) is 5.02 Å². The van der Waals surface area contributed by atoms with Crippen LogP contribution in [0.15, 0.2) is 28.9 Å². The lowest BCUT2D eigenvalue weighted by Crippen LogP contribution is -2.30. The van der Waals surface area contributed by atoms with Gasteiger partial charge in [0.25, 0.3) is 0 Å². The molecular formula is C11H11BrClFN4. The summed E-state index contributed by atoms with van der Waals surface area (Å²) in [6.45, 7) is 0. The summed E-state index contributed by atoms with van der Waals surface area (Å²) in [5.41, 5.74) is 4.16. The summed E-state index contributed by atoms with van der Waals surface area (Å²) in [4.78, 5) is 0. The van der Waals surface area contributed by atoms with E-state index in [1.54, 1.807) is 24.0 Å². The number of nitrogens with one attached hydrogen (secondary N) is 1. The molecule has 0 aliphatic carbocycles. The van der Waals surface area contributed by atoms with E-state index in [-0.39, 0.29) is 11.9 Å². The van der Waals surface area contributed by atoms with Crippen molar-refractivity contribution in [2.24, 2.45) is 12.9 Å². The molecule has 1 heterocycles. The van der Waals surface area contributed by atoms with Crippen LogP contribution in [0.3, 0.4) is 0 Å². The van der Waals surface area contributed by atoms with Crippen molar-refractivity contribution >= 4 is 27.5 Å². The largest absolute Gasteiger partial charge is 0.271 e. The van der Waals surface area contributed by atoms with Gasteiger partial charge in [-0.3, -0.25) is 10.5 Å². The second-order valence-corrected chi connectivity index (χ2v) is 5.03. The lowest BCUT2D eigenvalue weighted by molar-refractivity contribution is 0.570. The maximum Gasteiger partial charge on any atom is 0.124 e. The van der Waals surface area contributed by atoms with Crippen LogP contribution in [-0.4, -0.2) is 9.78 Å². The van der Waals surface area contributed by atoms with Crippen LogP contribution in [0.4, 0.5) is 4.39 Å². The fraction of sp³-hybridized carbons (Fsp3) is 0.182. The molecule has 0 bridgehead atoms. The third kappa shape index (κ3) is 2.42. The lowest BCUT2D eigenvalue weighted by atomic mass is 10.0. The molecule has 1 unspecified atom stereocenters. The van der Waals surface area contributed by atoms with E-state index in [1.165, 1.54) is 12.1 Å². The van der Waals surface area contributed by atoms with Gasteiger partial charge in [0, 0.05) is 11.5 Å². The Labute approximate surface area is 117 Å². The average molecular weight is 334 g/mol. The third-order valence-corrected chi connectivity index (χ3v) is 3.63. The molecule has 7 heteroatoms. The summed E-state index contributed by atoms with van der Waals surface area (Å²) >= 11 is 9.40. The van der Waals surface area contributed by atoms with E-state index in [9.17, 15) is 4.39 Å². The number of aromatic nitrogens is 2. The third-order valence-electron chi connectivity index (χ3n) is 2.65. The molecule has 18 heavy (non-hydrogen) atoms.